The summed E-state index contributed by atoms with van der Waals surface area (Å²) in [7, 11) is 0. The molecule has 3 heterocycles. The molecule has 0 aliphatic carbocycles. The number of hydrogen-bond donors (Lipinski definition) is 2. The predicted molar refractivity (Wildman–Crippen MR) is 114 cm³/mol. The lowest BCUT2D eigenvalue weighted by atomic mass is 10.1. The Morgan fingerprint density at radius 3 is 2.70 bits per heavy atom. The van der Waals surface area contributed by atoms with Crippen LogP contribution in [0.3, 0.4) is 0 Å². The van der Waals surface area contributed by atoms with Crippen LogP contribution < -0.4 is 10.9 Å². The second-order valence-corrected chi connectivity index (χ2v) is 6.84. The van der Waals surface area contributed by atoms with E-state index in [0.717, 1.165) is 5.56 Å². The van der Waals surface area contributed by atoms with Crippen LogP contribution in [0.1, 0.15) is 12.8 Å². The minimum atomic E-state index is -0.340. The lowest BCUT2D eigenvalue weighted by Gasteiger charge is -2.09. The summed E-state index contributed by atoms with van der Waals surface area (Å²) in [5.74, 6) is 1.22. The third-order valence-corrected chi connectivity index (χ3v) is 4.55. The van der Waals surface area contributed by atoms with E-state index in [9.17, 15) is 9.59 Å². The van der Waals surface area contributed by atoms with Crippen LogP contribution in [0.15, 0.2) is 70.1 Å². The highest BCUT2D eigenvalue weighted by Crippen LogP contribution is 2.25. The van der Waals surface area contributed by atoms with Gasteiger partial charge in [0.1, 0.15) is 11.5 Å². The van der Waals surface area contributed by atoms with Crippen molar-refractivity contribution in [1.29, 1.82) is 0 Å². The normalized spacial score (nSPS) is 10.8. The molecule has 0 unspecified atom stereocenters. The van der Waals surface area contributed by atoms with Gasteiger partial charge in [-0.2, -0.15) is 9.78 Å². The lowest BCUT2D eigenvalue weighted by molar-refractivity contribution is -0.116. The van der Waals surface area contributed by atoms with Crippen molar-refractivity contribution in [1.82, 2.24) is 19.7 Å². The topological polar surface area (TPSA) is 106 Å². The predicted octanol–water partition coefficient (Wildman–Crippen LogP) is 3.84. The van der Waals surface area contributed by atoms with Crippen LogP contribution in [0, 0.1) is 0 Å². The average molecular weight is 424 g/mol. The summed E-state index contributed by atoms with van der Waals surface area (Å²) in [5.41, 5.74) is 1.42. The van der Waals surface area contributed by atoms with Crippen LogP contribution in [0.4, 0.5) is 5.82 Å². The lowest BCUT2D eigenvalue weighted by Crippen LogP contribution is -2.18. The van der Waals surface area contributed by atoms with E-state index in [1.807, 2.05) is 30.3 Å². The molecule has 9 heteroatoms. The largest absolute Gasteiger partial charge is 0.463 e. The van der Waals surface area contributed by atoms with E-state index in [-0.39, 0.29) is 23.8 Å². The van der Waals surface area contributed by atoms with Gasteiger partial charge in [-0.05, 0) is 18.6 Å². The van der Waals surface area contributed by atoms with Gasteiger partial charge < -0.3 is 9.73 Å². The van der Waals surface area contributed by atoms with Gasteiger partial charge in [-0.25, -0.2) is 4.98 Å². The maximum absolute atomic E-state index is 12.3. The van der Waals surface area contributed by atoms with E-state index >= 15 is 0 Å². The molecule has 0 radical (unpaired) electrons. The van der Waals surface area contributed by atoms with Gasteiger partial charge in [0, 0.05) is 30.0 Å². The molecule has 3 aromatic heterocycles. The molecular weight excluding hydrogens is 406 g/mol. The second kappa shape index (κ2) is 8.79. The fraction of sp³-hybridized carbons (Fsp3) is 0.143. The van der Waals surface area contributed by atoms with Crippen LogP contribution in [0.5, 0.6) is 0 Å². The number of aromatic nitrogens is 4. The number of amides is 1. The highest BCUT2D eigenvalue weighted by Gasteiger charge is 2.17. The number of hydrogen-bond acceptors (Lipinski definition) is 5. The van der Waals surface area contributed by atoms with Crippen LogP contribution in [-0.2, 0) is 4.79 Å². The van der Waals surface area contributed by atoms with E-state index in [1.54, 1.807) is 18.2 Å². The number of carbonyl (C=O) groups excluding carboxylic acids is 1. The highest BCUT2D eigenvalue weighted by atomic mass is 35.5. The van der Waals surface area contributed by atoms with Gasteiger partial charge >= 0.3 is 0 Å². The molecule has 0 saturated carbocycles. The molecule has 1 amide bonds. The molecule has 0 atom stereocenters. The first-order chi connectivity index (χ1) is 14.6. The van der Waals surface area contributed by atoms with E-state index < -0.39 is 0 Å². The summed E-state index contributed by atoms with van der Waals surface area (Å²) in [6, 6.07) is 15.9. The van der Waals surface area contributed by atoms with E-state index in [4.69, 9.17) is 16.0 Å². The van der Waals surface area contributed by atoms with Crippen molar-refractivity contribution in [3.8, 4) is 28.7 Å². The number of nitrogens with zero attached hydrogens (tertiary/aromatic N) is 3. The fourth-order valence-electron chi connectivity index (χ4n) is 2.91. The van der Waals surface area contributed by atoms with Crippen LogP contribution in [0.2, 0.25) is 0 Å². The molecule has 0 bridgehead atoms. The minimum Gasteiger partial charge on any atom is -0.463 e. The van der Waals surface area contributed by atoms with Gasteiger partial charge in [0.25, 0.3) is 5.56 Å². The summed E-state index contributed by atoms with van der Waals surface area (Å²) < 4.78 is 6.79. The molecule has 1 aromatic carbocycles. The van der Waals surface area contributed by atoms with Gasteiger partial charge in [0.05, 0.1) is 12.0 Å². The first-order valence-corrected chi connectivity index (χ1v) is 9.84. The molecule has 0 aliphatic rings. The summed E-state index contributed by atoms with van der Waals surface area (Å²) in [5, 5.41) is 7.29. The number of rotatable bonds is 7. The molecule has 0 saturated heterocycles. The van der Waals surface area contributed by atoms with Crippen molar-refractivity contribution in [2.45, 2.75) is 12.8 Å². The summed E-state index contributed by atoms with van der Waals surface area (Å²) >= 11 is 5.68. The number of carbonyl (C=O) groups is 1. The first-order valence-electron chi connectivity index (χ1n) is 9.31. The number of halogens is 1. The zero-order chi connectivity index (χ0) is 20.9. The number of H-pyrrole nitrogens is 1. The van der Waals surface area contributed by atoms with Crippen molar-refractivity contribution in [3.63, 3.8) is 0 Å². The third kappa shape index (κ3) is 4.33. The van der Waals surface area contributed by atoms with Gasteiger partial charge in [-0.1, -0.05) is 30.3 Å². The molecule has 4 rings (SSSR count). The Hall–Kier alpha value is -3.65. The van der Waals surface area contributed by atoms with Crippen molar-refractivity contribution < 1.29 is 9.21 Å². The Bertz CT molecular complexity index is 1200. The molecule has 30 heavy (non-hydrogen) atoms. The number of benzene rings is 1. The second-order valence-electron chi connectivity index (χ2n) is 6.46. The standard InChI is InChI=1S/C21H18ClN5O3/c22-10-4-9-19(28)24-18-12-16(17-8-5-11-30-17)26-27(18)21-23-15(13-20(29)25-21)14-6-2-1-3-7-14/h1-3,5-8,11-13H,4,9-10H2,(H,24,28)(H,23,25,29). The molecule has 0 aliphatic heterocycles. The molecular formula is C21H18ClN5O3. The summed E-state index contributed by atoms with van der Waals surface area (Å²) in [6.45, 7) is 0. The third-order valence-electron chi connectivity index (χ3n) is 4.29. The van der Waals surface area contributed by atoms with Crippen LogP contribution in [-0.4, -0.2) is 31.5 Å². The quantitative estimate of drug-likeness (QED) is 0.439. The van der Waals surface area contributed by atoms with Crippen molar-refractivity contribution in [3.05, 3.63) is 71.2 Å². The number of alkyl halides is 1. The van der Waals surface area contributed by atoms with Gasteiger partial charge in [0.15, 0.2) is 5.76 Å². The molecule has 152 valence electrons. The van der Waals surface area contributed by atoms with Crippen molar-refractivity contribution in [2.24, 2.45) is 0 Å². The SMILES string of the molecule is O=C(CCCCl)Nc1cc(-c2ccco2)nn1-c1nc(-c2ccccc2)cc(=O)[nH]1. The summed E-state index contributed by atoms with van der Waals surface area (Å²) in [4.78, 5) is 31.8. The number of aromatic amines is 1. The van der Waals surface area contributed by atoms with Crippen molar-refractivity contribution >= 4 is 23.3 Å². The number of anilines is 1. The zero-order valence-corrected chi connectivity index (χ0v) is 16.6. The van der Waals surface area contributed by atoms with Crippen molar-refractivity contribution in [2.75, 3.05) is 11.2 Å². The Balaban J connectivity index is 1.78. The Morgan fingerprint density at radius 1 is 1.13 bits per heavy atom. The zero-order valence-electron chi connectivity index (χ0n) is 15.8. The maximum Gasteiger partial charge on any atom is 0.252 e. The van der Waals surface area contributed by atoms with Gasteiger partial charge in [-0.15, -0.1) is 11.6 Å². The molecule has 8 nitrogen and oxygen atoms in total. The molecule has 4 aromatic rings. The highest BCUT2D eigenvalue weighted by molar-refractivity contribution is 6.18. The monoisotopic (exact) mass is 423 g/mol. The van der Waals surface area contributed by atoms with Gasteiger partial charge in [-0.3, -0.25) is 14.6 Å². The van der Waals surface area contributed by atoms with E-state index in [1.165, 1.54) is 17.0 Å². The van der Waals surface area contributed by atoms with E-state index in [2.05, 4.69) is 20.4 Å². The average Bonchev–Trinajstić information content (AvgIpc) is 3.42. The van der Waals surface area contributed by atoms with Gasteiger partial charge in [0.2, 0.25) is 11.9 Å². The van der Waals surface area contributed by atoms with E-state index in [0.29, 0.717) is 35.3 Å². The smallest absolute Gasteiger partial charge is 0.252 e. The Labute approximate surface area is 176 Å². The van der Waals surface area contributed by atoms with Crippen LogP contribution >= 0.6 is 11.6 Å². The Morgan fingerprint density at radius 2 is 1.97 bits per heavy atom. The molecule has 2 N–H and O–H groups in total. The maximum atomic E-state index is 12.3. The van der Waals surface area contributed by atoms with Crippen LogP contribution in [0.25, 0.3) is 28.7 Å². The fourth-order valence-corrected chi connectivity index (χ4v) is 3.04. The first kappa shape index (κ1) is 19.7. The number of nitrogens with one attached hydrogen (secondary N) is 2. The Kier molecular flexibility index (Phi) is 5.76. The molecule has 0 fully saturated rings. The summed E-state index contributed by atoms with van der Waals surface area (Å²) in [6.07, 6.45) is 2.34. The minimum absolute atomic E-state index is 0.173. The molecule has 0 spiro atoms. The number of furan rings is 1.